The largest absolute Gasteiger partial charge is 0.508 e. The molecular formula is C24H27ClN4O3S. The van der Waals surface area contributed by atoms with Crippen LogP contribution in [-0.4, -0.2) is 63.0 Å². The number of ether oxygens (including phenoxy) is 1. The second-order valence-electron chi connectivity index (χ2n) is 8.15. The van der Waals surface area contributed by atoms with Gasteiger partial charge in [0.1, 0.15) is 11.5 Å². The third kappa shape index (κ3) is 5.82. The molecule has 2 heterocycles. The molecule has 0 spiro atoms. The number of nitrogens with one attached hydrogen (secondary N) is 1. The van der Waals surface area contributed by atoms with Crippen LogP contribution in [0.3, 0.4) is 0 Å². The average molecular weight is 487 g/mol. The summed E-state index contributed by atoms with van der Waals surface area (Å²) in [4.78, 5) is 18.4. The van der Waals surface area contributed by atoms with Crippen molar-refractivity contribution in [3.63, 3.8) is 0 Å². The van der Waals surface area contributed by atoms with E-state index >= 15 is 0 Å². The van der Waals surface area contributed by atoms with Crippen molar-refractivity contribution in [2.45, 2.75) is 35.7 Å². The highest BCUT2D eigenvalue weighted by Crippen LogP contribution is 2.36. The second-order valence-corrected chi connectivity index (χ2v) is 9.96. The quantitative estimate of drug-likeness (QED) is 0.497. The van der Waals surface area contributed by atoms with Gasteiger partial charge in [0.25, 0.3) is 0 Å². The number of phenolic OH excluding ortho intramolecular Hbond substituents is 1. The van der Waals surface area contributed by atoms with Crippen molar-refractivity contribution in [3.8, 4) is 11.5 Å². The maximum Gasteiger partial charge on any atom is 0.240 e. The third-order valence-corrected chi connectivity index (χ3v) is 7.22. The average Bonchev–Trinajstić information content (AvgIpc) is 3.46. The number of amides is 1. The summed E-state index contributed by atoms with van der Waals surface area (Å²) in [7, 11) is 3.46. The molecule has 0 bridgehead atoms. The molecule has 1 aliphatic rings. The van der Waals surface area contributed by atoms with Gasteiger partial charge in [-0.05, 0) is 55.0 Å². The molecule has 0 saturated carbocycles. The van der Waals surface area contributed by atoms with Gasteiger partial charge in [0, 0.05) is 47.1 Å². The van der Waals surface area contributed by atoms with Gasteiger partial charge >= 0.3 is 0 Å². The van der Waals surface area contributed by atoms with Crippen LogP contribution in [0, 0.1) is 0 Å². The molecule has 1 saturated heterocycles. The molecule has 7 nitrogen and oxygen atoms in total. The van der Waals surface area contributed by atoms with Gasteiger partial charge in [-0.25, -0.2) is 0 Å². The minimum absolute atomic E-state index is 0.0453. The molecule has 1 amide bonds. The van der Waals surface area contributed by atoms with E-state index in [4.69, 9.17) is 16.3 Å². The molecule has 2 aromatic carbocycles. The number of phenols is 1. The van der Waals surface area contributed by atoms with Crippen LogP contribution in [0.2, 0.25) is 5.02 Å². The lowest BCUT2D eigenvalue weighted by Crippen LogP contribution is -2.43. The van der Waals surface area contributed by atoms with Crippen molar-refractivity contribution in [2.24, 2.45) is 0 Å². The highest BCUT2D eigenvalue weighted by molar-refractivity contribution is 8.00. The number of H-pyrrole nitrogens is 1. The van der Waals surface area contributed by atoms with E-state index < -0.39 is 0 Å². The molecule has 2 atom stereocenters. The first-order valence-corrected chi connectivity index (χ1v) is 11.9. The lowest BCUT2D eigenvalue weighted by Gasteiger charge is -2.28. The number of thioether (sulfide) groups is 1. The van der Waals surface area contributed by atoms with Gasteiger partial charge in [-0.1, -0.05) is 11.6 Å². The SMILES string of the molecule is COc1ccc(S[C@@H]2C[C@@H](C(=O)N(C)Cc3ccn[nH]3)N(Cc3cc(Cl)ccc3O)C2)cc1. The highest BCUT2D eigenvalue weighted by Gasteiger charge is 2.38. The molecule has 0 aliphatic carbocycles. The Bertz CT molecular complexity index is 1080. The summed E-state index contributed by atoms with van der Waals surface area (Å²) in [6.45, 7) is 1.62. The van der Waals surface area contributed by atoms with E-state index in [2.05, 4.69) is 15.1 Å². The summed E-state index contributed by atoms with van der Waals surface area (Å²) in [6.07, 6.45) is 2.39. The van der Waals surface area contributed by atoms with Gasteiger partial charge in [0.15, 0.2) is 0 Å². The molecule has 1 aliphatic heterocycles. The van der Waals surface area contributed by atoms with Gasteiger partial charge in [0.2, 0.25) is 5.91 Å². The molecule has 33 heavy (non-hydrogen) atoms. The van der Waals surface area contributed by atoms with E-state index in [9.17, 15) is 9.90 Å². The number of aromatic nitrogens is 2. The molecule has 1 aromatic heterocycles. The summed E-state index contributed by atoms with van der Waals surface area (Å²) in [6, 6.07) is 14.5. The Labute approximate surface area is 202 Å². The molecule has 0 unspecified atom stereocenters. The number of likely N-dealkylation sites (tertiary alicyclic amines) is 1. The highest BCUT2D eigenvalue weighted by atomic mass is 35.5. The van der Waals surface area contributed by atoms with Crippen LogP contribution in [0.15, 0.2) is 59.6 Å². The number of hydrogen-bond donors (Lipinski definition) is 2. The molecule has 0 radical (unpaired) electrons. The van der Waals surface area contributed by atoms with Crippen LogP contribution in [0.4, 0.5) is 0 Å². The number of hydrogen-bond acceptors (Lipinski definition) is 6. The Kier molecular flexibility index (Phi) is 7.47. The number of carbonyl (C=O) groups is 1. The number of benzene rings is 2. The number of rotatable bonds is 8. The number of halogens is 1. The minimum atomic E-state index is -0.299. The van der Waals surface area contributed by atoms with Crippen molar-refractivity contribution < 1.29 is 14.6 Å². The Morgan fingerprint density at radius 2 is 2.09 bits per heavy atom. The van der Waals surface area contributed by atoms with Gasteiger partial charge in [0.05, 0.1) is 25.4 Å². The Morgan fingerprint density at radius 1 is 1.30 bits per heavy atom. The molecule has 9 heteroatoms. The van der Waals surface area contributed by atoms with Crippen molar-refractivity contribution >= 4 is 29.3 Å². The fourth-order valence-corrected chi connectivity index (χ4v) is 5.50. The summed E-state index contributed by atoms with van der Waals surface area (Å²) >= 11 is 7.92. The van der Waals surface area contributed by atoms with Crippen LogP contribution in [0.25, 0.3) is 0 Å². The first-order chi connectivity index (χ1) is 15.9. The van der Waals surface area contributed by atoms with Crippen LogP contribution in [-0.2, 0) is 17.9 Å². The van der Waals surface area contributed by atoms with Gasteiger partial charge in [-0.15, -0.1) is 11.8 Å². The predicted octanol–water partition coefficient (Wildman–Crippen LogP) is 4.17. The predicted molar refractivity (Wildman–Crippen MR) is 130 cm³/mol. The standard InChI is InChI=1S/C24H27ClN4O3S/c1-28(14-18-9-10-26-27-18)24(31)22-12-21(33-20-6-4-19(32-2)5-7-20)15-29(22)13-16-11-17(25)3-8-23(16)30/h3-11,21-22,30H,12-15H2,1-2H3,(H,26,27)/t21-,22+/m1/s1. The molecule has 174 valence electrons. The topological polar surface area (TPSA) is 81.7 Å². The fourth-order valence-electron chi connectivity index (χ4n) is 4.09. The Hall–Kier alpha value is -2.68. The normalized spacial score (nSPS) is 18.4. The van der Waals surface area contributed by atoms with Gasteiger partial charge < -0.3 is 14.7 Å². The minimum Gasteiger partial charge on any atom is -0.508 e. The third-order valence-electron chi connectivity index (χ3n) is 5.77. The maximum atomic E-state index is 13.4. The number of aromatic hydroxyl groups is 1. The first-order valence-electron chi connectivity index (χ1n) is 10.7. The lowest BCUT2D eigenvalue weighted by molar-refractivity contribution is -0.135. The van der Waals surface area contributed by atoms with Crippen LogP contribution in [0.1, 0.15) is 17.7 Å². The number of aromatic amines is 1. The summed E-state index contributed by atoms with van der Waals surface area (Å²) in [5, 5.41) is 18.0. The molecule has 2 N–H and O–H groups in total. The monoisotopic (exact) mass is 486 g/mol. The van der Waals surface area contributed by atoms with Crippen molar-refractivity contribution in [1.82, 2.24) is 20.0 Å². The van der Waals surface area contributed by atoms with Crippen molar-refractivity contribution in [2.75, 3.05) is 20.7 Å². The van der Waals surface area contributed by atoms with Gasteiger partial charge in [-0.2, -0.15) is 5.10 Å². The summed E-state index contributed by atoms with van der Waals surface area (Å²) in [5.41, 5.74) is 1.60. The zero-order valence-corrected chi connectivity index (χ0v) is 20.1. The van der Waals surface area contributed by atoms with Gasteiger partial charge in [-0.3, -0.25) is 14.8 Å². The lowest BCUT2D eigenvalue weighted by atomic mass is 10.1. The van der Waals surface area contributed by atoms with Crippen LogP contribution >= 0.6 is 23.4 Å². The number of nitrogens with zero attached hydrogens (tertiary/aromatic N) is 3. The summed E-state index contributed by atoms with van der Waals surface area (Å²) < 4.78 is 5.25. The van der Waals surface area contributed by atoms with E-state index in [0.29, 0.717) is 30.1 Å². The Morgan fingerprint density at radius 3 is 2.79 bits per heavy atom. The maximum absolute atomic E-state index is 13.4. The Balaban J connectivity index is 1.51. The van der Waals surface area contributed by atoms with Crippen LogP contribution in [0.5, 0.6) is 11.5 Å². The van der Waals surface area contributed by atoms with Crippen molar-refractivity contribution in [1.29, 1.82) is 0 Å². The van der Waals surface area contributed by atoms with E-state index in [1.54, 1.807) is 48.2 Å². The fraction of sp³-hybridized carbons (Fsp3) is 0.333. The first kappa shape index (κ1) is 23.5. The van der Waals surface area contributed by atoms with E-state index in [0.717, 1.165) is 22.9 Å². The number of carbonyl (C=O) groups excluding carboxylic acids is 1. The van der Waals surface area contributed by atoms with Crippen molar-refractivity contribution in [3.05, 3.63) is 71.0 Å². The molecular weight excluding hydrogens is 460 g/mol. The smallest absolute Gasteiger partial charge is 0.240 e. The number of methoxy groups -OCH3 is 1. The number of likely N-dealkylation sites (N-methyl/N-ethyl adjacent to an activating group) is 1. The summed E-state index contributed by atoms with van der Waals surface area (Å²) in [5.74, 6) is 1.05. The van der Waals surface area contributed by atoms with Crippen LogP contribution < -0.4 is 4.74 Å². The molecule has 4 rings (SSSR count). The second kappa shape index (κ2) is 10.5. The zero-order valence-electron chi connectivity index (χ0n) is 18.6. The van der Waals surface area contributed by atoms with E-state index in [1.807, 2.05) is 37.4 Å². The molecule has 3 aromatic rings. The van der Waals surface area contributed by atoms with E-state index in [1.165, 1.54) is 0 Å². The molecule has 1 fully saturated rings. The van der Waals surface area contributed by atoms with E-state index in [-0.39, 0.29) is 22.9 Å². The zero-order chi connectivity index (χ0) is 23.4.